The molecule has 0 spiro atoms. The van der Waals surface area contributed by atoms with Crippen LogP contribution in [0.15, 0.2) is 101 Å². The lowest BCUT2D eigenvalue weighted by Gasteiger charge is -2.27. The third-order valence-electron chi connectivity index (χ3n) is 8.50. The molecule has 2 amide bonds. The van der Waals surface area contributed by atoms with Crippen LogP contribution in [0.25, 0.3) is 0 Å². The van der Waals surface area contributed by atoms with Gasteiger partial charge in [0.25, 0.3) is 11.8 Å². The number of carbonyl (C=O) groups is 3. The van der Waals surface area contributed by atoms with Crippen molar-refractivity contribution >= 4 is 49.0 Å². The number of hydrogen-bond donors (Lipinski definition) is 2. The number of halogens is 1. The van der Waals surface area contributed by atoms with Crippen molar-refractivity contribution in [2.24, 2.45) is 0 Å². The first-order valence-corrected chi connectivity index (χ1v) is 19.2. The first-order valence-electron chi connectivity index (χ1n) is 16.3. The highest BCUT2D eigenvalue weighted by molar-refractivity contribution is 7.89. The van der Waals surface area contributed by atoms with E-state index in [1.54, 1.807) is 12.1 Å². The molecule has 2 N–H and O–H groups in total. The summed E-state index contributed by atoms with van der Waals surface area (Å²) in [7, 11) is -8.10. The Kier molecular flexibility index (Phi) is 11.2. The fourth-order valence-electron chi connectivity index (χ4n) is 5.78. The van der Waals surface area contributed by atoms with Crippen LogP contribution in [-0.2, 0) is 35.9 Å². The topological polar surface area (TPSA) is 168 Å². The Hall–Kier alpha value is -4.84. The second-order valence-corrected chi connectivity index (χ2v) is 15.8. The van der Waals surface area contributed by atoms with E-state index >= 15 is 0 Å². The molecule has 2 saturated heterocycles. The number of anilines is 2. The average Bonchev–Trinajstić information content (AvgIpc) is 3.16. The molecule has 0 saturated carbocycles. The summed E-state index contributed by atoms with van der Waals surface area (Å²) >= 11 is 0. The van der Waals surface area contributed by atoms with Gasteiger partial charge in [-0.1, -0.05) is 36.4 Å². The van der Waals surface area contributed by atoms with Crippen molar-refractivity contribution in [3.05, 3.63) is 119 Å². The minimum absolute atomic E-state index is 0.0138. The Morgan fingerprint density at radius 2 is 1.12 bits per heavy atom. The molecular formula is C36H35FN4O9S2. The van der Waals surface area contributed by atoms with Gasteiger partial charge < -0.3 is 20.1 Å². The lowest BCUT2D eigenvalue weighted by molar-refractivity contribution is 0.0730. The van der Waals surface area contributed by atoms with Crippen molar-refractivity contribution in [2.75, 3.05) is 63.2 Å². The van der Waals surface area contributed by atoms with Gasteiger partial charge in [0.2, 0.25) is 20.0 Å². The highest BCUT2D eigenvalue weighted by Crippen LogP contribution is 2.29. The summed E-state index contributed by atoms with van der Waals surface area (Å²) in [6, 6.07) is 21.1. The van der Waals surface area contributed by atoms with Crippen LogP contribution in [0, 0.1) is 5.82 Å². The number of carbonyl (C=O) groups excluding carboxylic acids is 3. The number of para-hydroxylation sites is 1. The predicted octanol–water partition coefficient (Wildman–Crippen LogP) is 3.80. The molecule has 2 heterocycles. The van der Waals surface area contributed by atoms with Gasteiger partial charge in [0.15, 0.2) is 5.78 Å². The Bertz CT molecular complexity index is 2220. The summed E-state index contributed by atoms with van der Waals surface area (Å²) in [4.78, 5) is 39.6. The Balaban J connectivity index is 1.23. The lowest BCUT2D eigenvalue weighted by Crippen LogP contribution is -2.41. The van der Waals surface area contributed by atoms with Crippen molar-refractivity contribution in [2.45, 2.75) is 16.2 Å². The van der Waals surface area contributed by atoms with Crippen LogP contribution in [0.3, 0.4) is 0 Å². The van der Waals surface area contributed by atoms with E-state index in [-0.39, 0.29) is 96.9 Å². The maximum Gasteiger partial charge on any atom is 0.255 e. The summed E-state index contributed by atoms with van der Waals surface area (Å²) in [6.45, 7) is 1.42. The number of sulfonamides is 2. The van der Waals surface area contributed by atoms with E-state index in [9.17, 15) is 35.6 Å². The third kappa shape index (κ3) is 8.28. The van der Waals surface area contributed by atoms with Gasteiger partial charge in [0.05, 0.1) is 37.8 Å². The fraction of sp³-hybridized carbons (Fsp3) is 0.250. The zero-order chi connectivity index (χ0) is 36.9. The lowest BCUT2D eigenvalue weighted by atomic mass is 10.0. The highest BCUT2D eigenvalue weighted by atomic mass is 32.2. The summed E-state index contributed by atoms with van der Waals surface area (Å²) in [6.07, 6.45) is -0.255. The first-order chi connectivity index (χ1) is 24.9. The van der Waals surface area contributed by atoms with Gasteiger partial charge in [0.1, 0.15) is 15.6 Å². The number of benzene rings is 4. The molecular weight excluding hydrogens is 716 g/mol. The van der Waals surface area contributed by atoms with Gasteiger partial charge in [-0.2, -0.15) is 8.61 Å². The minimum atomic E-state index is -4.17. The van der Waals surface area contributed by atoms with Crippen LogP contribution in [0.1, 0.15) is 36.6 Å². The number of hydrogen-bond acceptors (Lipinski definition) is 9. The van der Waals surface area contributed by atoms with E-state index in [0.717, 1.165) is 6.07 Å². The molecule has 0 atom stereocenters. The Morgan fingerprint density at radius 3 is 1.73 bits per heavy atom. The van der Waals surface area contributed by atoms with Gasteiger partial charge in [0, 0.05) is 49.3 Å². The molecule has 272 valence electrons. The van der Waals surface area contributed by atoms with Gasteiger partial charge in [-0.3, -0.25) is 14.4 Å². The van der Waals surface area contributed by atoms with Crippen molar-refractivity contribution in [3.63, 3.8) is 0 Å². The van der Waals surface area contributed by atoms with E-state index < -0.39 is 43.5 Å². The number of nitrogens with one attached hydrogen (secondary N) is 2. The van der Waals surface area contributed by atoms with Gasteiger partial charge in [-0.15, -0.1) is 0 Å². The van der Waals surface area contributed by atoms with Crippen molar-refractivity contribution in [1.29, 1.82) is 0 Å². The molecule has 2 aliphatic heterocycles. The smallest absolute Gasteiger partial charge is 0.255 e. The van der Waals surface area contributed by atoms with E-state index in [0.29, 0.717) is 5.56 Å². The van der Waals surface area contributed by atoms with Crippen LogP contribution in [-0.4, -0.2) is 95.7 Å². The normalized spacial score (nSPS) is 15.9. The Morgan fingerprint density at radius 1 is 0.596 bits per heavy atom. The summed E-state index contributed by atoms with van der Waals surface area (Å²) in [5, 5.41) is 5.22. The predicted molar refractivity (Wildman–Crippen MR) is 189 cm³/mol. The molecule has 13 nitrogen and oxygen atoms in total. The molecule has 4 aromatic carbocycles. The standard InChI is InChI=1S/C36H35FN4O9S2/c37-29-8-4-7-28(24-29)36(44)39-31-12-11-25(22-34(31)52(47,48)41-15-19-50-20-16-41)21-32(42)26-5-3-6-27(23-26)35(43)38-30-9-1-2-10-33(30)51(45,46)40-13-17-49-18-14-40/h1-12,22-24H,13-21H2,(H,38,43)(H,39,44). The monoisotopic (exact) mass is 750 g/mol. The number of ether oxygens (including phenoxy) is 2. The van der Waals surface area contributed by atoms with Crippen LogP contribution in [0.4, 0.5) is 15.8 Å². The molecule has 4 aromatic rings. The molecule has 2 fully saturated rings. The second kappa shape index (κ2) is 15.8. The SMILES string of the molecule is O=C(Cc1ccc(NC(=O)c2cccc(F)c2)c(S(=O)(=O)N2CCOCC2)c1)c1cccc(C(=O)Nc2ccccc2S(=O)(=O)N2CCOCC2)c1. The first kappa shape index (κ1) is 36.9. The number of rotatable bonds is 11. The van der Waals surface area contributed by atoms with E-state index in [1.165, 1.54) is 81.4 Å². The molecule has 6 rings (SSSR count). The van der Waals surface area contributed by atoms with Crippen LogP contribution in [0.2, 0.25) is 0 Å². The molecule has 0 unspecified atom stereocenters. The quantitative estimate of drug-likeness (QED) is 0.217. The Labute approximate surface area is 300 Å². The maximum absolute atomic E-state index is 13.8. The van der Waals surface area contributed by atoms with Crippen LogP contribution >= 0.6 is 0 Å². The van der Waals surface area contributed by atoms with E-state index in [2.05, 4.69) is 10.6 Å². The van der Waals surface area contributed by atoms with Gasteiger partial charge >= 0.3 is 0 Å². The number of amides is 2. The fourth-order valence-corrected chi connectivity index (χ4v) is 8.94. The van der Waals surface area contributed by atoms with Crippen molar-refractivity contribution < 1.29 is 45.1 Å². The average molecular weight is 751 g/mol. The number of Topliss-reactive ketones (excluding diaryl/α,β-unsaturated/α-hetero) is 1. The second-order valence-electron chi connectivity index (χ2n) is 12.0. The third-order valence-corrected chi connectivity index (χ3v) is 12.4. The van der Waals surface area contributed by atoms with Crippen LogP contribution < -0.4 is 10.6 Å². The van der Waals surface area contributed by atoms with E-state index in [1.807, 2.05) is 0 Å². The maximum atomic E-state index is 13.8. The molecule has 16 heteroatoms. The van der Waals surface area contributed by atoms with Gasteiger partial charge in [-0.05, 0) is 60.2 Å². The van der Waals surface area contributed by atoms with Crippen molar-refractivity contribution in [3.8, 4) is 0 Å². The van der Waals surface area contributed by atoms with Gasteiger partial charge in [-0.25, -0.2) is 21.2 Å². The largest absolute Gasteiger partial charge is 0.379 e. The number of nitrogens with zero attached hydrogens (tertiary/aromatic N) is 2. The molecule has 0 aromatic heterocycles. The zero-order valence-electron chi connectivity index (χ0n) is 27.8. The molecule has 52 heavy (non-hydrogen) atoms. The van der Waals surface area contributed by atoms with Crippen LogP contribution in [0.5, 0.6) is 0 Å². The number of morpholine rings is 2. The van der Waals surface area contributed by atoms with Crippen molar-refractivity contribution in [1.82, 2.24) is 8.61 Å². The molecule has 0 radical (unpaired) electrons. The molecule has 2 aliphatic rings. The molecule has 0 bridgehead atoms. The summed E-state index contributed by atoms with van der Waals surface area (Å²) < 4.78 is 81.3. The van der Waals surface area contributed by atoms with E-state index in [4.69, 9.17) is 9.47 Å². The molecule has 0 aliphatic carbocycles. The summed E-state index contributed by atoms with van der Waals surface area (Å²) in [5.41, 5.74) is 0.581. The minimum Gasteiger partial charge on any atom is -0.379 e. The number of ketones is 1. The zero-order valence-corrected chi connectivity index (χ0v) is 29.4. The summed E-state index contributed by atoms with van der Waals surface area (Å²) in [5.74, 6) is -2.43. The highest BCUT2D eigenvalue weighted by Gasteiger charge is 2.31.